The van der Waals surface area contributed by atoms with Crippen molar-refractivity contribution in [3.8, 4) is 11.3 Å². The van der Waals surface area contributed by atoms with Gasteiger partial charge in [0.1, 0.15) is 22.8 Å². The first kappa shape index (κ1) is 17.9. The van der Waals surface area contributed by atoms with E-state index in [1.807, 2.05) is 13.8 Å². The van der Waals surface area contributed by atoms with Gasteiger partial charge in [0, 0.05) is 13.1 Å². The molecule has 1 aromatic heterocycles. The zero-order valence-electron chi connectivity index (χ0n) is 14.4. The summed E-state index contributed by atoms with van der Waals surface area (Å²) in [4.78, 5) is 14.8. The van der Waals surface area contributed by atoms with Gasteiger partial charge in [-0.05, 0) is 25.0 Å². The average Bonchev–Trinajstić information content (AvgIpc) is 2.95. The van der Waals surface area contributed by atoms with E-state index in [1.165, 1.54) is 12.1 Å². The van der Waals surface area contributed by atoms with Crippen LogP contribution in [0.1, 0.15) is 30.0 Å². The lowest BCUT2D eigenvalue weighted by Gasteiger charge is -2.34. The van der Waals surface area contributed by atoms with E-state index in [9.17, 15) is 9.18 Å². The van der Waals surface area contributed by atoms with Crippen LogP contribution in [-0.4, -0.2) is 41.8 Å². The van der Waals surface area contributed by atoms with Crippen molar-refractivity contribution in [3.05, 3.63) is 40.4 Å². The molecule has 1 fully saturated rings. The van der Waals surface area contributed by atoms with Crippen molar-refractivity contribution >= 4 is 17.5 Å². The number of aryl methyl sites for hydroxylation is 1. The molecule has 1 aliphatic rings. The number of nitrogens with zero attached hydrogens (tertiary/aromatic N) is 2. The summed E-state index contributed by atoms with van der Waals surface area (Å²) >= 11 is 6.13. The molecule has 0 N–H and O–H groups in total. The van der Waals surface area contributed by atoms with Crippen molar-refractivity contribution in [3.63, 3.8) is 0 Å². The molecule has 2 aromatic rings. The van der Waals surface area contributed by atoms with Gasteiger partial charge in [0.05, 0.1) is 23.3 Å². The molecule has 134 valence electrons. The topological polar surface area (TPSA) is 55.6 Å². The fourth-order valence-corrected chi connectivity index (χ4v) is 3.19. The van der Waals surface area contributed by atoms with Gasteiger partial charge >= 0.3 is 0 Å². The van der Waals surface area contributed by atoms with Gasteiger partial charge in [-0.3, -0.25) is 4.79 Å². The number of amides is 1. The molecule has 0 radical (unpaired) electrons. The Hall–Kier alpha value is -1.92. The zero-order valence-corrected chi connectivity index (χ0v) is 15.1. The van der Waals surface area contributed by atoms with Gasteiger partial charge in [0.25, 0.3) is 5.91 Å². The Kier molecular flexibility index (Phi) is 5.11. The van der Waals surface area contributed by atoms with Crippen LogP contribution in [0.5, 0.6) is 0 Å². The summed E-state index contributed by atoms with van der Waals surface area (Å²) in [7, 11) is 0. The molecule has 2 heterocycles. The van der Waals surface area contributed by atoms with E-state index in [0.29, 0.717) is 31.4 Å². The predicted molar refractivity (Wildman–Crippen MR) is 92.1 cm³/mol. The van der Waals surface area contributed by atoms with Crippen LogP contribution in [0.15, 0.2) is 22.7 Å². The third-order valence-corrected chi connectivity index (χ3v) is 4.72. The minimum atomic E-state index is -0.545. The average molecular weight is 367 g/mol. The maximum atomic E-state index is 14.3. The van der Waals surface area contributed by atoms with Crippen molar-refractivity contribution in [2.75, 3.05) is 19.7 Å². The molecule has 0 unspecified atom stereocenters. The van der Waals surface area contributed by atoms with E-state index in [2.05, 4.69) is 5.16 Å². The Morgan fingerprint density at radius 2 is 2.20 bits per heavy atom. The number of morpholine rings is 1. The van der Waals surface area contributed by atoms with Crippen LogP contribution in [0.2, 0.25) is 5.02 Å². The fraction of sp³-hybridized carbons (Fsp3) is 0.444. The highest BCUT2D eigenvalue weighted by molar-refractivity contribution is 6.33. The van der Waals surface area contributed by atoms with Crippen LogP contribution in [0.3, 0.4) is 0 Å². The number of carbonyl (C=O) groups is 1. The van der Waals surface area contributed by atoms with E-state index in [0.717, 1.165) is 0 Å². The second-order valence-corrected chi connectivity index (χ2v) is 6.87. The number of hydrogen-bond donors (Lipinski definition) is 0. The molecule has 0 aliphatic carbocycles. The predicted octanol–water partition coefficient (Wildman–Crippen LogP) is 3.94. The summed E-state index contributed by atoms with van der Waals surface area (Å²) in [6, 6.07) is 4.34. The first-order valence-electron chi connectivity index (χ1n) is 8.21. The van der Waals surface area contributed by atoms with Gasteiger partial charge in [-0.2, -0.15) is 0 Å². The first-order valence-corrected chi connectivity index (χ1v) is 8.59. The summed E-state index contributed by atoms with van der Waals surface area (Å²) < 4.78 is 25.2. The lowest BCUT2D eigenvalue weighted by molar-refractivity contribution is -0.0421. The number of rotatable bonds is 3. The van der Waals surface area contributed by atoms with Crippen molar-refractivity contribution in [2.45, 2.75) is 26.9 Å². The molecule has 1 aliphatic heterocycles. The highest BCUT2D eigenvalue weighted by Gasteiger charge is 2.32. The SMILES string of the molecule is Cc1onc(-c2c(F)cccc2Cl)c1C(=O)N1CCO[C@@H](C(C)C)C1. The number of carbonyl (C=O) groups excluding carboxylic acids is 1. The maximum absolute atomic E-state index is 14.3. The van der Waals surface area contributed by atoms with Crippen LogP contribution < -0.4 is 0 Å². The largest absolute Gasteiger partial charge is 0.374 e. The van der Waals surface area contributed by atoms with Gasteiger partial charge in [0.2, 0.25) is 0 Å². The Labute approximate surface area is 150 Å². The number of hydrogen-bond acceptors (Lipinski definition) is 4. The lowest BCUT2D eigenvalue weighted by atomic mass is 10.0. The lowest BCUT2D eigenvalue weighted by Crippen LogP contribution is -2.47. The molecule has 25 heavy (non-hydrogen) atoms. The molecular formula is C18H20ClFN2O3. The quantitative estimate of drug-likeness (QED) is 0.825. The molecule has 0 spiro atoms. The summed E-state index contributed by atoms with van der Waals surface area (Å²) in [5.74, 6) is -0.162. The van der Waals surface area contributed by atoms with Crippen molar-refractivity contribution in [2.24, 2.45) is 5.92 Å². The molecule has 0 bridgehead atoms. The van der Waals surface area contributed by atoms with E-state index < -0.39 is 5.82 Å². The highest BCUT2D eigenvalue weighted by atomic mass is 35.5. The van der Waals surface area contributed by atoms with Crippen LogP contribution >= 0.6 is 11.6 Å². The molecule has 5 nitrogen and oxygen atoms in total. The Balaban J connectivity index is 1.98. The second-order valence-electron chi connectivity index (χ2n) is 6.46. The number of ether oxygens (including phenoxy) is 1. The van der Waals surface area contributed by atoms with E-state index in [-0.39, 0.29) is 33.9 Å². The molecule has 1 amide bonds. The molecule has 7 heteroatoms. The molecule has 0 saturated carbocycles. The van der Waals surface area contributed by atoms with Gasteiger partial charge in [-0.1, -0.05) is 36.7 Å². The molecule has 3 rings (SSSR count). The molecule has 1 saturated heterocycles. The third kappa shape index (κ3) is 3.41. The Morgan fingerprint density at radius 1 is 1.44 bits per heavy atom. The van der Waals surface area contributed by atoms with E-state index in [4.69, 9.17) is 20.9 Å². The van der Waals surface area contributed by atoms with Crippen LogP contribution in [0.25, 0.3) is 11.3 Å². The van der Waals surface area contributed by atoms with E-state index >= 15 is 0 Å². The smallest absolute Gasteiger partial charge is 0.259 e. The standard InChI is InChI=1S/C18H20ClFN2O3/c1-10(2)14-9-22(7-8-24-14)18(23)15-11(3)25-21-17(15)16-12(19)5-4-6-13(16)20/h4-6,10,14H,7-9H2,1-3H3/t14-/m1/s1. The Morgan fingerprint density at radius 3 is 2.88 bits per heavy atom. The Bertz CT molecular complexity index is 770. The second kappa shape index (κ2) is 7.14. The number of halogens is 2. The van der Waals surface area contributed by atoms with Crippen molar-refractivity contribution < 1.29 is 18.4 Å². The maximum Gasteiger partial charge on any atom is 0.259 e. The molecular weight excluding hydrogens is 347 g/mol. The molecule has 1 aromatic carbocycles. The van der Waals surface area contributed by atoms with Gasteiger partial charge in [0.15, 0.2) is 0 Å². The van der Waals surface area contributed by atoms with E-state index in [1.54, 1.807) is 17.9 Å². The minimum Gasteiger partial charge on any atom is -0.374 e. The van der Waals surface area contributed by atoms with Crippen LogP contribution in [-0.2, 0) is 4.74 Å². The van der Waals surface area contributed by atoms with Crippen LogP contribution in [0, 0.1) is 18.7 Å². The van der Waals surface area contributed by atoms with Gasteiger partial charge < -0.3 is 14.2 Å². The monoisotopic (exact) mass is 366 g/mol. The summed E-state index contributed by atoms with van der Waals surface area (Å²) in [6.45, 7) is 7.15. The molecule has 1 atom stereocenters. The normalized spacial score (nSPS) is 18.0. The summed E-state index contributed by atoms with van der Waals surface area (Å²) in [6.07, 6.45) is -0.0293. The summed E-state index contributed by atoms with van der Waals surface area (Å²) in [5, 5.41) is 4.08. The van der Waals surface area contributed by atoms with Gasteiger partial charge in [-0.25, -0.2) is 4.39 Å². The highest BCUT2D eigenvalue weighted by Crippen LogP contribution is 2.34. The minimum absolute atomic E-state index is 0.0293. The summed E-state index contributed by atoms with van der Waals surface area (Å²) in [5.41, 5.74) is 0.465. The third-order valence-electron chi connectivity index (χ3n) is 4.40. The van der Waals surface area contributed by atoms with Crippen molar-refractivity contribution in [1.29, 1.82) is 0 Å². The van der Waals surface area contributed by atoms with Crippen molar-refractivity contribution in [1.82, 2.24) is 10.1 Å². The first-order chi connectivity index (χ1) is 11.9. The fourth-order valence-electron chi connectivity index (χ4n) is 2.94. The number of aromatic nitrogens is 1. The van der Waals surface area contributed by atoms with Crippen LogP contribution in [0.4, 0.5) is 4.39 Å². The number of benzene rings is 1. The van der Waals surface area contributed by atoms with Gasteiger partial charge in [-0.15, -0.1) is 0 Å². The zero-order chi connectivity index (χ0) is 18.1.